The molecule has 148 valence electrons. The number of ether oxygens (including phenoxy) is 1. The molecule has 0 amide bonds. The van der Waals surface area contributed by atoms with Gasteiger partial charge in [0.05, 0.1) is 11.0 Å². The minimum atomic E-state index is -0.437. The molecule has 4 aromatic rings. The summed E-state index contributed by atoms with van der Waals surface area (Å²) < 4.78 is 7.42. The molecule has 0 spiro atoms. The highest BCUT2D eigenvalue weighted by molar-refractivity contribution is 9.10. The first kappa shape index (κ1) is 18.8. The maximum absolute atomic E-state index is 11.0. The van der Waals surface area contributed by atoms with Crippen molar-refractivity contribution in [3.8, 4) is 5.75 Å². The monoisotopic (exact) mass is 460 g/mol. The zero-order valence-electron chi connectivity index (χ0n) is 15.8. The van der Waals surface area contributed by atoms with Gasteiger partial charge < -0.3 is 4.74 Å². The Hall–Kier alpha value is -3.22. The van der Waals surface area contributed by atoms with Gasteiger partial charge in [-0.25, -0.2) is 0 Å². The lowest BCUT2D eigenvalue weighted by Gasteiger charge is -2.35. The summed E-state index contributed by atoms with van der Waals surface area (Å²) in [4.78, 5) is 10.6. The Balaban J connectivity index is 1.64. The Morgan fingerprint density at radius 1 is 0.900 bits per heavy atom. The number of halogens is 1. The second-order valence-corrected chi connectivity index (χ2v) is 8.12. The van der Waals surface area contributed by atoms with E-state index in [0.29, 0.717) is 0 Å². The second kappa shape index (κ2) is 7.55. The Labute approximate surface area is 181 Å². The lowest BCUT2D eigenvalue weighted by atomic mass is 9.93. The Morgan fingerprint density at radius 3 is 2.47 bits per heavy atom. The molecule has 2 atom stereocenters. The van der Waals surface area contributed by atoms with Crippen LogP contribution in [-0.2, 0) is 0 Å². The summed E-state index contributed by atoms with van der Waals surface area (Å²) in [6, 6.07) is 26.9. The van der Waals surface area contributed by atoms with Gasteiger partial charge in [0.15, 0.2) is 6.23 Å². The highest BCUT2D eigenvalue weighted by atomic mass is 79.9. The number of nitrogens with one attached hydrogen (secondary N) is 1. The molecule has 1 aliphatic heterocycles. The number of nitro benzene ring substituents is 1. The summed E-state index contributed by atoms with van der Waals surface area (Å²) in [7, 11) is 0. The molecule has 1 heterocycles. The third-order valence-corrected chi connectivity index (χ3v) is 5.86. The first-order chi connectivity index (χ1) is 14.6. The van der Waals surface area contributed by atoms with Gasteiger partial charge >= 0.3 is 0 Å². The van der Waals surface area contributed by atoms with Crippen LogP contribution >= 0.6 is 15.9 Å². The van der Waals surface area contributed by atoms with Crippen LogP contribution in [0.15, 0.2) is 89.4 Å². The third kappa shape index (κ3) is 3.34. The van der Waals surface area contributed by atoms with E-state index < -0.39 is 11.2 Å². The first-order valence-corrected chi connectivity index (χ1v) is 10.3. The second-order valence-electron chi connectivity index (χ2n) is 7.21. The smallest absolute Gasteiger partial charge is 0.269 e. The molecular formula is C24H17BrN2O3. The van der Waals surface area contributed by atoms with Crippen LogP contribution in [0, 0.1) is 10.1 Å². The fraction of sp³-hybridized carbons (Fsp3) is 0.0833. The van der Waals surface area contributed by atoms with Gasteiger partial charge in [-0.3, -0.25) is 15.4 Å². The standard InChI is InChI=1S/C24H17BrN2O3/c25-18-6-3-5-17(14-18)22-21-13-10-15-4-1-2-7-20(15)23(21)30-24(26-22)16-8-11-19(12-9-16)27(28)29/h1-14,22,24,26H/t22-,24-/m1/s1. The molecule has 0 radical (unpaired) electrons. The zero-order valence-corrected chi connectivity index (χ0v) is 17.4. The lowest BCUT2D eigenvalue weighted by molar-refractivity contribution is -0.384. The molecule has 0 fully saturated rings. The summed E-state index contributed by atoms with van der Waals surface area (Å²) in [5, 5.41) is 16.7. The van der Waals surface area contributed by atoms with Crippen molar-refractivity contribution in [1.29, 1.82) is 0 Å². The van der Waals surface area contributed by atoms with Gasteiger partial charge in [0.2, 0.25) is 0 Å². The summed E-state index contributed by atoms with van der Waals surface area (Å²) in [5.41, 5.74) is 3.06. The van der Waals surface area contributed by atoms with Crippen LogP contribution in [0.3, 0.4) is 0 Å². The van der Waals surface area contributed by atoms with Crippen molar-refractivity contribution >= 4 is 32.4 Å². The number of non-ortho nitro benzene ring substituents is 1. The average molecular weight is 461 g/mol. The number of hydrogen-bond acceptors (Lipinski definition) is 4. The summed E-state index contributed by atoms with van der Waals surface area (Å²) in [5.74, 6) is 0.833. The van der Waals surface area contributed by atoms with Crippen LogP contribution in [0.5, 0.6) is 5.75 Å². The number of benzene rings is 4. The summed E-state index contributed by atoms with van der Waals surface area (Å²) in [6.45, 7) is 0. The van der Waals surface area contributed by atoms with Crippen LogP contribution in [0.25, 0.3) is 10.8 Å². The molecule has 0 unspecified atom stereocenters. The highest BCUT2D eigenvalue weighted by Gasteiger charge is 2.31. The minimum Gasteiger partial charge on any atom is -0.470 e. The SMILES string of the molecule is O=[N+]([O-])c1ccc([C@@H]2N[C@H](c3cccc(Br)c3)c3ccc4ccccc4c3O2)cc1. The van der Waals surface area contributed by atoms with Crippen molar-refractivity contribution in [2.45, 2.75) is 12.3 Å². The number of rotatable bonds is 3. The van der Waals surface area contributed by atoms with E-state index in [-0.39, 0.29) is 11.7 Å². The predicted octanol–water partition coefficient (Wildman–Crippen LogP) is 6.28. The van der Waals surface area contributed by atoms with Gasteiger partial charge in [-0.05, 0) is 35.2 Å². The van der Waals surface area contributed by atoms with Gasteiger partial charge in [-0.15, -0.1) is 0 Å². The quantitative estimate of drug-likeness (QED) is 0.288. The van der Waals surface area contributed by atoms with Crippen molar-refractivity contribution in [2.75, 3.05) is 0 Å². The van der Waals surface area contributed by atoms with E-state index in [1.54, 1.807) is 12.1 Å². The molecule has 4 aromatic carbocycles. The van der Waals surface area contributed by atoms with Crippen molar-refractivity contribution < 1.29 is 9.66 Å². The number of nitro groups is 1. The summed E-state index contributed by atoms with van der Waals surface area (Å²) in [6.07, 6.45) is -0.437. The molecule has 6 heteroatoms. The molecule has 0 bridgehead atoms. The van der Waals surface area contributed by atoms with E-state index in [9.17, 15) is 10.1 Å². The fourth-order valence-electron chi connectivity index (χ4n) is 3.91. The van der Waals surface area contributed by atoms with E-state index in [4.69, 9.17) is 4.74 Å². The lowest BCUT2D eigenvalue weighted by Crippen LogP contribution is -2.35. The largest absolute Gasteiger partial charge is 0.470 e. The van der Waals surface area contributed by atoms with E-state index in [1.807, 2.05) is 24.3 Å². The molecule has 5 nitrogen and oxygen atoms in total. The Morgan fingerprint density at radius 2 is 1.70 bits per heavy atom. The fourth-order valence-corrected chi connectivity index (χ4v) is 4.33. The Bertz CT molecular complexity index is 1260. The average Bonchev–Trinajstić information content (AvgIpc) is 2.78. The van der Waals surface area contributed by atoms with E-state index in [2.05, 4.69) is 57.6 Å². The summed E-state index contributed by atoms with van der Waals surface area (Å²) >= 11 is 3.57. The molecular weight excluding hydrogens is 444 g/mol. The van der Waals surface area contributed by atoms with Crippen molar-refractivity contribution in [3.63, 3.8) is 0 Å². The van der Waals surface area contributed by atoms with Gasteiger partial charge in [-0.1, -0.05) is 64.5 Å². The number of nitrogens with zero attached hydrogens (tertiary/aromatic N) is 1. The maximum Gasteiger partial charge on any atom is 0.269 e. The van der Waals surface area contributed by atoms with Gasteiger partial charge in [-0.2, -0.15) is 0 Å². The zero-order chi connectivity index (χ0) is 20.7. The van der Waals surface area contributed by atoms with Crippen LogP contribution in [0.2, 0.25) is 0 Å². The highest BCUT2D eigenvalue weighted by Crippen LogP contribution is 2.43. The molecule has 0 saturated carbocycles. The van der Waals surface area contributed by atoms with Crippen LogP contribution < -0.4 is 10.1 Å². The predicted molar refractivity (Wildman–Crippen MR) is 120 cm³/mol. The molecule has 1 N–H and O–H groups in total. The van der Waals surface area contributed by atoms with Gasteiger partial charge in [0.25, 0.3) is 5.69 Å². The molecule has 0 aromatic heterocycles. The van der Waals surface area contributed by atoms with E-state index in [0.717, 1.165) is 37.7 Å². The molecule has 0 saturated heterocycles. The van der Waals surface area contributed by atoms with E-state index >= 15 is 0 Å². The van der Waals surface area contributed by atoms with Crippen molar-refractivity contribution in [2.24, 2.45) is 0 Å². The number of hydrogen-bond donors (Lipinski definition) is 1. The molecule has 0 aliphatic carbocycles. The maximum atomic E-state index is 11.0. The molecule has 1 aliphatic rings. The topological polar surface area (TPSA) is 64.4 Å². The van der Waals surface area contributed by atoms with Crippen molar-refractivity contribution in [3.05, 3.63) is 116 Å². The first-order valence-electron chi connectivity index (χ1n) is 9.54. The number of fused-ring (bicyclic) bond motifs is 3. The van der Waals surface area contributed by atoms with Crippen LogP contribution in [0.4, 0.5) is 5.69 Å². The van der Waals surface area contributed by atoms with E-state index in [1.165, 1.54) is 12.1 Å². The van der Waals surface area contributed by atoms with Gasteiger partial charge in [0.1, 0.15) is 5.75 Å². The van der Waals surface area contributed by atoms with Gasteiger partial charge in [0, 0.05) is 33.1 Å². The minimum absolute atomic E-state index is 0.0592. The van der Waals surface area contributed by atoms with Crippen molar-refractivity contribution in [1.82, 2.24) is 5.32 Å². The molecule has 30 heavy (non-hydrogen) atoms. The van der Waals surface area contributed by atoms with Crippen LogP contribution in [-0.4, -0.2) is 4.92 Å². The Kier molecular flexibility index (Phi) is 4.73. The molecule has 5 rings (SSSR count). The normalized spacial score (nSPS) is 17.9. The van der Waals surface area contributed by atoms with Crippen LogP contribution in [0.1, 0.15) is 29.0 Å². The third-order valence-electron chi connectivity index (χ3n) is 5.36.